The van der Waals surface area contributed by atoms with Crippen LogP contribution in [0.4, 0.5) is 0 Å². The van der Waals surface area contributed by atoms with Crippen LogP contribution < -0.4 is 14.8 Å². The summed E-state index contributed by atoms with van der Waals surface area (Å²) >= 11 is 0. The van der Waals surface area contributed by atoms with E-state index in [0.717, 1.165) is 24.2 Å². The summed E-state index contributed by atoms with van der Waals surface area (Å²) in [6.07, 6.45) is 1.98. The Bertz CT molecular complexity index is 457. The number of nitrogens with one attached hydrogen (secondary N) is 1. The highest BCUT2D eigenvalue weighted by Crippen LogP contribution is 2.33. The van der Waals surface area contributed by atoms with Gasteiger partial charge in [-0.25, -0.2) is 0 Å². The second-order valence-corrected chi connectivity index (χ2v) is 4.71. The highest BCUT2D eigenvalue weighted by atomic mass is 16.5. The molecule has 0 spiro atoms. The van der Waals surface area contributed by atoms with Crippen molar-refractivity contribution in [2.75, 3.05) is 14.2 Å². The molecule has 1 atom stereocenters. The summed E-state index contributed by atoms with van der Waals surface area (Å²) in [7, 11) is 3.19. The maximum absolute atomic E-state index is 11.1. The number of hydrogen-bond donors (Lipinski definition) is 2. The van der Waals surface area contributed by atoms with Crippen LogP contribution in [0.15, 0.2) is 18.2 Å². The fourth-order valence-electron chi connectivity index (χ4n) is 2.10. The van der Waals surface area contributed by atoms with Gasteiger partial charge in [-0.3, -0.25) is 10.1 Å². The molecule has 0 aromatic heterocycles. The van der Waals surface area contributed by atoms with Gasteiger partial charge in [0.25, 0.3) is 0 Å². The number of carboxylic acid groups (broad SMARTS) is 1. The fraction of sp³-hybridized carbons (Fsp3) is 0.500. The Balaban J connectivity index is 2.03. The summed E-state index contributed by atoms with van der Waals surface area (Å²) < 4.78 is 10.4. The van der Waals surface area contributed by atoms with E-state index in [0.29, 0.717) is 12.3 Å². The minimum absolute atomic E-state index is 0.266. The number of methoxy groups -OCH3 is 2. The van der Waals surface area contributed by atoms with Crippen molar-refractivity contribution in [1.29, 1.82) is 0 Å². The Morgan fingerprint density at radius 3 is 2.68 bits per heavy atom. The van der Waals surface area contributed by atoms with Crippen molar-refractivity contribution in [2.45, 2.75) is 25.4 Å². The molecule has 5 heteroatoms. The molecular weight excluding hydrogens is 246 g/mol. The highest BCUT2D eigenvalue weighted by Gasteiger charge is 2.35. The molecule has 104 valence electrons. The van der Waals surface area contributed by atoms with E-state index in [-0.39, 0.29) is 5.92 Å². The van der Waals surface area contributed by atoms with Crippen LogP contribution in [0.2, 0.25) is 0 Å². The smallest absolute Gasteiger partial charge is 0.320 e. The minimum atomic E-state index is -0.782. The van der Waals surface area contributed by atoms with Crippen LogP contribution in [0, 0.1) is 5.92 Å². The monoisotopic (exact) mass is 265 g/mol. The zero-order valence-electron chi connectivity index (χ0n) is 11.2. The summed E-state index contributed by atoms with van der Waals surface area (Å²) in [5.74, 6) is 0.904. The van der Waals surface area contributed by atoms with E-state index < -0.39 is 12.0 Å². The second-order valence-electron chi connectivity index (χ2n) is 4.71. The van der Waals surface area contributed by atoms with Crippen molar-refractivity contribution in [1.82, 2.24) is 5.32 Å². The third kappa shape index (κ3) is 3.38. The van der Waals surface area contributed by atoms with Crippen LogP contribution in [0.1, 0.15) is 18.4 Å². The molecule has 1 aliphatic rings. The topological polar surface area (TPSA) is 67.8 Å². The number of aliphatic carboxylic acids is 1. The molecule has 1 aromatic rings. The zero-order chi connectivity index (χ0) is 13.8. The summed E-state index contributed by atoms with van der Waals surface area (Å²) in [5.41, 5.74) is 0.926. The second kappa shape index (κ2) is 5.93. The van der Waals surface area contributed by atoms with Crippen molar-refractivity contribution < 1.29 is 19.4 Å². The van der Waals surface area contributed by atoms with E-state index in [1.165, 1.54) is 0 Å². The van der Waals surface area contributed by atoms with Crippen molar-refractivity contribution in [3.8, 4) is 11.5 Å². The van der Waals surface area contributed by atoms with Crippen LogP contribution in [0.25, 0.3) is 0 Å². The molecule has 1 unspecified atom stereocenters. The van der Waals surface area contributed by atoms with E-state index in [1.54, 1.807) is 20.3 Å². The number of carbonyl (C=O) groups is 1. The molecule has 2 rings (SSSR count). The van der Waals surface area contributed by atoms with E-state index in [4.69, 9.17) is 14.6 Å². The highest BCUT2D eigenvalue weighted by molar-refractivity contribution is 5.74. The van der Waals surface area contributed by atoms with Gasteiger partial charge in [0.05, 0.1) is 14.2 Å². The number of carboxylic acids is 1. The van der Waals surface area contributed by atoms with E-state index in [1.807, 2.05) is 12.1 Å². The fourth-order valence-corrected chi connectivity index (χ4v) is 2.10. The Hall–Kier alpha value is -1.75. The van der Waals surface area contributed by atoms with Crippen molar-refractivity contribution in [3.63, 3.8) is 0 Å². The lowest BCUT2D eigenvalue weighted by Crippen LogP contribution is -2.38. The van der Waals surface area contributed by atoms with Crippen LogP contribution in [-0.2, 0) is 11.3 Å². The van der Waals surface area contributed by atoms with Gasteiger partial charge in [0, 0.05) is 18.2 Å². The van der Waals surface area contributed by atoms with Gasteiger partial charge in [-0.1, -0.05) is 6.07 Å². The molecule has 0 aliphatic heterocycles. The van der Waals surface area contributed by atoms with Crippen LogP contribution >= 0.6 is 0 Å². The lowest BCUT2D eigenvalue weighted by Gasteiger charge is -2.15. The maximum Gasteiger partial charge on any atom is 0.320 e. The van der Waals surface area contributed by atoms with Gasteiger partial charge in [-0.2, -0.15) is 0 Å². The largest absolute Gasteiger partial charge is 0.497 e. The molecule has 1 fully saturated rings. The Kier molecular flexibility index (Phi) is 4.27. The predicted octanol–water partition coefficient (Wildman–Crippen LogP) is 1.66. The summed E-state index contributed by atoms with van der Waals surface area (Å²) in [5, 5.41) is 12.2. The van der Waals surface area contributed by atoms with Crippen molar-refractivity contribution >= 4 is 5.97 Å². The first-order valence-corrected chi connectivity index (χ1v) is 6.32. The zero-order valence-corrected chi connectivity index (χ0v) is 11.2. The number of ether oxygens (including phenoxy) is 2. The minimum Gasteiger partial charge on any atom is -0.497 e. The molecule has 0 radical (unpaired) electrons. The first kappa shape index (κ1) is 13.7. The van der Waals surface area contributed by atoms with Crippen LogP contribution in [-0.4, -0.2) is 31.3 Å². The molecule has 0 bridgehead atoms. The number of rotatable bonds is 7. The third-order valence-electron chi connectivity index (χ3n) is 3.37. The summed E-state index contributed by atoms with van der Waals surface area (Å²) in [6.45, 7) is 0.473. The SMILES string of the molecule is COc1ccc(CNC(C(=O)O)C2CC2)c(OC)c1. The molecule has 1 aromatic carbocycles. The van der Waals surface area contributed by atoms with E-state index in [2.05, 4.69) is 5.32 Å². The average Bonchev–Trinajstić information content (AvgIpc) is 3.23. The van der Waals surface area contributed by atoms with Crippen molar-refractivity contribution in [3.05, 3.63) is 23.8 Å². The summed E-state index contributed by atoms with van der Waals surface area (Å²) in [6, 6.07) is 5.05. The summed E-state index contributed by atoms with van der Waals surface area (Å²) in [4.78, 5) is 11.1. The van der Waals surface area contributed by atoms with Gasteiger partial charge in [-0.15, -0.1) is 0 Å². The third-order valence-corrected chi connectivity index (χ3v) is 3.37. The number of benzene rings is 1. The molecule has 0 amide bonds. The Morgan fingerprint density at radius 1 is 1.42 bits per heavy atom. The first-order chi connectivity index (χ1) is 9.15. The lowest BCUT2D eigenvalue weighted by atomic mass is 10.1. The molecule has 5 nitrogen and oxygen atoms in total. The van der Waals surface area contributed by atoms with Gasteiger partial charge in [-0.05, 0) is 24.8 Å². The first-order valence-electron chi connectivity index (χ1n) is 6.32. The van der Waals surface area contributed by atoms with Gasteiger partial charge < -0.3 is 14.6 Å². The Labute approximate surface area is 112 Å². The molecule has 0 saturated heterocycles. The van der Waals surface area contributed by atoms with Crippen LogP contribution in [0.3, 0.4) is 0 Å². The standard InChI is InChI=1S/C14H19NO4/c1-18-11-6-5-10(12(7-11)19-2)8-15-13(14(16)17)9-3-4-9/h5-7,9,13,15H,3-4,8H2,1-2H3,(H,16,17). The average molecular weight is 265 g/mol. The quantitative estimate of drug-likeness (QED) is 0.784. The molecular formula is C14H19NO4. The van der Waals surface area contributed by atoms with Gasteiger partial charge in [0.15, 0.2) is 0 Å². The Morgan fingerprint density at radius 2 is 2.16 bits per heavy atom. The van der Waals surface area contributed by atoms with Gasteiger partial charge >= 0.3 is 5.97 Å². The molecule has 19 heavy (non-hydrogen) atoms. The van der Waals surface area contributed by atoms with Crippen molar-refractivity contribution in [2.24, 2.45) is 5.92 Å². The molecule has 0 heterocycles. The van der Waals surface area contributed by atoms with Gasteiger partial charge in [0.1, 0.15) is 17.5 Å². The van der Waals surface area contributed by atoms with E-state index in [9.17, 15) is 4.79 Å². The lowest BCUT2D eigenvalue weighted by molar-refractivity contribution is -0.140. The predicted molar refractivity (Wildman–Crippen MR) is 70.5 cm³/mol. The molecule has 1 saturated carbocycles. The molecule has 2 N–H and O–H groups in total. The van der Waals surface area contributed by atoms with Crippen LogP contribution in [0.5, 0.6) is 11.5 Å². The molecule has 1 aliphatic carbocycles. The normalized spacial score (nSPS) is 15.9. The van der Waals surface area contributed by atoms with E-state index >= 15 is 0 Å². The maximum atomic E-state index is 11.1. The number of hydrogen-bond acceptors (Lipinski definition) is 4. The van der Waals surface area contributed by atoms with Gasteiger partial charge in [0.2, 0.25) is 0 Å².